The molecule has 0 bridgehead atoms. The van der Waals surface area contributed by atoms with Crippen molar-refractivity contribution in [1.82, 2.24) is 10.2 Å². The summed E-state index contributed by atoms with van der Waals surface area (Å²) < 4.78 is 17.3. The number of methoxy groups -OCH3 is 1. The molecule has 0 radical (unpaired) electrons. The van der Waals surface area contributed by atoms with Crippen molar-refractivity contribution in [1.29, 1.82) is 0 Å². The van der Waals surface area contributed by atoms with Gasteiger partial charge in [-0.25, -0.2) is 4.79 Å². The van der Waals surface area contributed by atoms with Gasteiger partial charge in [0, 0.05) is 35.5 Å². The largest absolute Gasteiger partial charge is 0.489 e. The average molecular weight is 875 g/mol. The van der Waals surface area contributed by atoms with Gasteiger partial charge in [-0.15, -0.1) is 0 Å². The Morgan fingerprint density at radius 3 is 2.18 bits per heavy atom. The summed E-state index contributed by atoms with van der Waals surface area (Å²) in [5.41, 5.74) is 6.54. The Morgan fingerprint density at radius 2 is 1.49 bits per heavy atom. The van der Waals surface area contributed by atoms with Gasteiger partial charge in [0.25, 0.3) is 11.8 Å². The monoisotopic (exact) mass is 873 g/mol. The number of hydrogen-bond donors (Lipinski definition) is 2. The van der Waals surface area contributed by atoms with Gasteiger partial charge < -0.3 is 29.7 Å². The van der Waals surface area contributed by atoms with E-state index in [4.69, 9.17) is 49.0 Å². The number of nitrogens with one attached hydrogen (secondary N) is 2. The number of nitrogens with zero attached hydrogens (tertiary/aromatic N) is 1. The molecule has 0 aromatic heterocycles. The number of anilines is 1. The number of carbonyl (C=O) groups is 4. The standard InChI is InChI=1S/C48H38Cl3N3O7/c1-59-48(58)41(22-28-7-10-30(11-8-28)31-12-16-36(49)17-13-31)53-45(55)42-24-34-23-40-43(25-35(34)26-54(42)47(57)33-5-3-2-4-6-33)61-44(46(56)52-40)32-14-18-37(19-15-32)60-27-29-9-20-38(50)39(51)21-29/h2-21,23,25,41-42,44H,22,24,26-27H2,1H3,(H,52,56)(H,53,55)/t41-,42?,44-/m0/s1. The van der Waals surface area contributed by atoms with Gasteiger partial charge in [0.2, 0.25) is 12.0 Å². The van der Waals surface area contributed by atoms with Gasteiger partial charge >= 0.3 is 5.97 Å². The third-order valence-corrected chi connectivity index (χ3v) is 11.7. The van der Waals surface area contributed by atoms with E-state index in [1.165, 1.54) is 12.0 Å². The van der Waals surface area contributed by atoms with E-state index in [0.29, 0.717) is 43.4 Å². The second-order valence-corrected chi connectivity index (χ2v) is 16.0. The minimum absolute atomic E-state index is 0.0658. The van der Waals surface area contributed by atoms with Crippen LogP contribution in [0.25, 0.3) is 11.1 Å². The van der Waals surface area contributed by atoms with Crippen molar-refractivity contribution in [2.45, 2.75) is 44.2 Å². The zero-order chi connectivity index (χ0) is 42.6. The number of fused-ring (bicyclic) bond motifs is 2. The van der Waals surface area contributed by atoms with Gasteiger partial charge in [0.1, 0.15) is 30.2 Å². The molecule has 0 aliphatic carbocycles. The zero-order valence-corrected chi connectivity index (χ0v) is 35.0. The molecule has 2 aliphatic rings. The van der Waals surface area contributed by atoms with Crippen molar-refractivity contribution < 1.29 is 33.4 Å². The van der Waals surface area contributed by atoms with Crippen molar-refractivity contribution in [2.24, 2.45) is 0 Å². The van der Waals surface area contributed by atoms with Crippen molar-refractivity contribution in [2.75, 3.05) is 12.4 Å². The summed E-state index contributed by atoms with van der Waals surface area (Å²) in [4.78, 5) is 56.6. The van der Waals surface area contributed by atoms with Crippen molar-refractivity contribution in [3.63, 3.8) is 0 Å². The highest BCUT2D eigenvalue weighted by Crippen LogP contribution is 2.40. The molecule has 61 heavy (non-hydrogen) atoms. The van der Waals surface area contributed by atoms with E-state index < -0.39 is 30.1 Å². The van der Waals surface area contributed by atoms with E-state index in [2.05, 4.69) is 10.6 Å². The van der Waals surface area contributed by atoms with Crippen LogP contribution in [0.2, 0.25) is 15.1 Å². The predicted molar refractivity (Wildman–Crippen MR) is 234 cm³/mol. The molecule has 2 heterocycles. The Hall–Kier alpha value is -6.33. The molecule has 0 saturated carbocycles. The first-order chi connectivity index (χ1) is 29.5. The van der Waals surface area contributed by atoms with Crippen molar-refractivity contribution in [3.05, 3.63) is 182 Å². The number of halogens is 3. The van der Waals surface area contributed by atoms with Crippen LogP contribution in [0, 0.1) is 0 Å². The number of rotatable bonds is 11. The summed E-state index contributed by atoms with van der Waals surface area (Å²) in [5, 5.41) is 7.39. The maximum Gasteiger partial charge on any atom is 0.328 e. The molecular formula is C48H38Cl3N3O7. The fourth-order valence-electron chi connectivity index (χ4n) is 7.45. The number of ether oxygens (including phenoxy) is 3. The molecule has 0 saturated heterocycles. The number of carbonyl (C=O) groups excluding carboxylic acids is 4. The maximum atomic E-state index is 14.3. The summed E-state index contributed by atoms with van der Waals surface area (Å²) in [6.45, 7) is 0.338. The van der Waals surface area contributed by atoms with Crippen LogP contribution in [0.3, 0.4) is 0 Å². The highest BCUT2D eigenvalue weighted by atomic mass is 35.5. The van der Waals surface area contributed by atoms with E-state index in [1.54, 1.807) is 72.8 Å². The van der Waals surface area contributed by atoms with Crippen LogP contribution in [-0.4, -0.2) is 47.8 Å². The van der Waals surface area contributed by atoms with Crippen LogP contribution in [0.5, 0.6) is 11.5 Å². The summed E-state index contributed by atoms with van der Waals surface area (Å²) in [7, 11) is 1.27. The van der Waals surface area contributed by atoms with Crippen LogP contribution in [-0.2, 0) is 45.1 Å². The number of esters is 1. The highest BCUT2D eigenvalue weighted by Gasteiger charge is 2.39. The smallest absolute Gasteiger partial charge is 0.328 e. The Morgan fingerprint density at radius 1 is 0.803 bits per heavy atom. The molecule has 13 heteroatoms. The van der Waals surface area contributed by atoms with Crippen molar-refractivity contribution in [3.8, 4) is 22.6 Å². The molecular weight excluding hydrogens is 837 g/mol. The normalized spacial score (nSPS) is 15.9. The molecule has 3 amide bonds. The molecule has 6 aromatic rings. The molecule has 0 fully saturated rings. The molecule has 308 valence electrons. The van der Waals surface area contributed by atoms with Gasteiger partial charge in [-0.2, -0.15) is 0 Å². The van der Waals surface area contributed by atoms with Crippen LogP contribution < -0.4 is 20.1 Å². The second-order valence-electron chi connectivity index (χ2n) is 14.7. The lowest BCUT2D eigenvalue weighted by molar-refractivity contribution is -0.145. The van der Waals surface area contributed by atoms with Gasteiger partial charge in [-0.05, 0) is 94.0 Å². The van der Waals surface area contributed by atoms with E-state index >= 15 is 0 Å². The topological polar surface area (TPSA) is 123 Å². The molecule has 10 nitrogen and oxygen atoms in total. The molecule has 1 unspecified atom stereocenters. The van der Waals surface area contributed by atoms with Crippen molar-refractivity contribution >= 4 is 64.2 Å². The number of hydrogen-bond acceptors (Lipinski definition) is 7. The lowest BCUT2D eigenvalue weighted by atomic mass is 9.91. The Labute approximate surface area is 367 Å². The predicted octanol–water partition coefficient (Wildman–Crippen LogP) is 9.43. The maximum absolute atomic E-state index is 14.3. The molecule has 8 rings (SSSR count). The molecule has 2 aliphatic heterocycles. The average Bonchev–Trinajstić information content (AvgIpc) is 3.28. The van der Waals surface area contributed by atoms with Gasteiger partial charge in [-0.3, -0.25) is 14.4 Å². The third kappa shape index (κ3) is 9.37. The lowest BCUT2D eigenvalue weighted by Crippen LogP contribution is -2.56. The summed E-state index contributed by atoms with van der Waals surface area (Å²) >= 11 is 18.2. The SMILES string of the molecule is COC(=O)[C@H](Cc1ccc(-c2ccc(Cl)cc2)cc1)NC(=O)C1Cc2cc3c(cc2CN1C(=O)c1ccccc1)O[C@@H](c1ccc(OCc2ccc(Cl)c(Cl)c2)cc1)C(=O)N3. The lowest BCUT2D eigenvalue weighted by Gasteiger charge is -2.38. The van der Waals surface area contributed by atoms with E-state index in [-0.39, 0.29) is 37.8 Å². The molecule has 6 aromatic carbocycles. The van der Waals surface area contributed by atoms with Crippen LogP contribution in [0.15, 0.2) is 133 Å². The first-order valence-electron chi connectivity index (χ1n) is 19.4. The van der Waals surface area contributed by atoms with Gasteiger partial charge in [0.05, 0.1) is 22.8 Å². The van der Waals surface area contributed by atoms with E-state index in [0.717, 1.165) is 33.4 Å². The van der Waals surface area contributed by atoms with Gasteiger partial charge in [0.15, 0.2) is 0 Å². The first kappa shape index (κ1) is 41.4. The van der Waals surface area contributed by atoms with Crippen LogP contribution in [0.1, 0.15) is 44.3 Å². The van der Waals surface area contributed by atoms with Gasteiger partial charge in [-0.1, -0.05) is 108 Å². The molecule has 0 spiro atoms. The first-order valence-corrected chi connectivity index (χ1v) is 20.6. The highest BCUT2D eigenvalue weighted by molar-refractivity contribution is 6.42. The van der Waals surface area contributed by atoms with E-state index in [9.17, 15) is 19.2 Å². The molecule has 2 N–H and O–H groups in total. The minimum Gasteiger partial charge on any atom is -0.489 e. The number of amides is 3. The van der Waals surface area contributed by atoms with Crippen LogP contribution in [0.4, 0.5) is 5.69 Å². The number of benzene rings is 6. The fourth-order valence-corrected chi connectivity index (χ4v) is 7.90. The quantitative estimate of drug-likeness (QED) is 0.124. The summed E-state index contributed by atoms with van der Waals surface area (Å²) in [5.74, 6) is -0.864. The Balaban J connectivity index is 1.00. The Kier molecular flexibility index (Phi) is 12.3. The second kappa shape index (κ2) is 18.1. The minimum atomic E-state index is -1.04. The Bertz CT molecular complexity index is 2610. The zero-order valence-electron chi connectivity index (χ0n) is 32.7. The van der Waals surface area contributed by atoms with E-state index in [1.807, 2.05) is 60.7 Å². The fraction of sp³-hybridized carbons (Fsp3) is 0.167. The van der Waals surface area contributed by atoms with Crippen LogP contribution >= 0.6 is 34.8 Å². The summed E-state index contributed by atoms with van der Waals surface area (Å²) in [6, 6.07) is 37.7. The molecule has 3 atom stereocenters. The third-order valence-electron chi connectivity index (χ3n) is 10.7. The summed E-state index contributed by atoms with van der Waals surface area (Å²) in [6.07, 6.45) is -0.690.